The molecule has 0 aromatic carbocycles. The molecule has 2 fully saturated rings. The van der Waals surface area contributed by atoms with E-state index < -0.39 is 0 Å². The molecule has 3 rings (SSSR count). The second-order valence-corrected chi connectivity index (χ2v) is 6.58. The molecule has 3 heterocycles. The molecule has 0 saturated carbocycles. The summed E-state index contributed by atoms with van der Waals surface area (Å²) in [5, 5.41) is 6.67. The van der Waals surface area contributed by atoms with Crippen molar-refractivity contribution >= 4 is 6.03 Å². The molecule has 0 aliphatic carbocycles. The van der Waals surface area contributed by atoms with Crippen molar-refractivity contribution in [1.29, 1.82) is 0 Å². The molecular weight excluding hydrogens is 304 g/mol. The fourth-order valence-corrected chi connectivity index (χ4v) is 3.65. The van der Waals surface area contributed by atoms with E-state index in [-0.39, 0.29) is 12.1 Å². The maximum atomic E-state index is 11.9. The van der Waals surface area contributed by atoms with Gasteiger partial charge in [0.2, 0.25) is 0 Å². The molecule has 0 spiro atoms. The molecule has 132 valence electrons. The van der Waals surface area contributed by atoms with Gasteiger partial charge >= 0.3 is 6.03 Å². The van der Waals surface area contributed by atoms with Gasteiger partial charge in [0.1, 0.15) is 0 Å². The molecule has 2 amide bonds. The largest absolute Gasteiger partial charge is 0.372 e. The predicted molar refractivity (Wildman–Crippen MR) is 92.8 cm³/mol. The molecule has 0 bridgehead atoms. The number of ether oxygens (including phenoxy) is 1. The molecule has 0 radical (unpaired) electrons. The number of amides is 2. The highest BCUT2D eigenvalue weighted by molar-refractivity contribution is 5.74. The van der Waals surface area contributed by atoms with E-state index in [9.17, 15) is 4.79 Å². The Bertz CT molecular complexity index is 517. The highest BCUT2D eigenvalue weighted by Gasteiger charge is 2.31. The third kappa shape index (κ3) is 4.24. The number of carbonyl (C=O) groups is 1. The zero-order valence-electron chi connectivity index (χ0n) is 14.4. The van der Waals surface area contributed by atoms with Crippen molar-refractivity contribution in [3.8, 4) is 0 Å². The number of pyridine rings is 1. The maximum Gasteiger partial charge on any atom is 0.317 e. The second kappa shape index (κ2) is 8.44. The first-order valence-electron chi connectivity index (χ1n) is 9.08. The van der Waals surface area contributed by atoms with Gasteiger partial charge in [0.25, 0.3) is 0 Å². The number of hydrogen-bond donors (Lipinski definition) is 2. The first kappa shape index (κ1) is 17.2. The van der Waals surface area contributed by atoms with Crippen LogP contribution in [0.15, 0.2) is 24.5 Å². The zero-order valence-corrected chi connectivity index (χ0v) is 14.4. The normalized spacial score (nSPS) is 25.5. The van der Waals surface area contributed by atoms with Crippen LogP contribution < -0.4 is 10.6 Å². The van der Waals surface area contributed by atoms with Crippen molar-refractivity contribution in [2.75, 3.05) is 26.2 Å². The van der Waals surface area contributed by atoms with Crippen molar-refractivity contribution in [2.45, 2.75) is 50.8 Å². The van der Waals surface area contributed by atoms with E-state index >= 15 is 0 Å². The van der Waals surface area contributed by atoms with E-state index in [0.29, 0.717) is 18.6 Å². The molecule has 6 nitrogen and oxygen atoms in total. The third-order valence-electron chi connectivity index (χ3n) is 4.92. The van der Waals surface area contributed by atoms with Crippen LogP contribution in [-0.2, 0) is 4.74 Å². The van der Waals surface area contributed by atoms with Gasteiger partial charge < -0.3 is 20.3 Å². The molecule has 2 atom stereocenters. The number of hydrogen-bond acceptors (Lipinski definition) is 4. The minimum absolute atomic E-state index is 0.0617. The Kier molecular flexibility index (Phi) is 6.04. The molecule has 2 N–H and O–H groups in total. The monoisotopic (exact) mass is 332 g/mol. The van der Waals surface area contributed by atoms with Crippen LogP contribution in [0.3, 0.4) is 0 Å². The van der Waals surface area contributed by atoms with E-state index in [1.165, 1.54) is 5.56 Å². The number of nitrogens with zero attached hydrogens (tertiary/aromatic N) is 2. The summed E-state index contributed by atoms with van der Waals surface area (Å²) in [6, 6.07) is 4.94. The van der Waals surface area contributed by atoms with Crippen LogP contribution in [0, 0.1) is 0 Å². The lowest BCUT2D eigenvalue weighted by Crippen LogP contribution is -2.52. The molecule has 1 aromatic rings. The number of urea groups is 1. The molecule has 6 heteroatoms. The van der Waals surface area contributed by atoms with Crippen molar-refractivity contribution < 1.29 is 9.53 Å². The lowest BCUT2D eigenvalue weighted by molar-refractivity contribution is -0.0158. The lowest BCUT2D eigenvalue weighted by atomic mass is 9.94. The number of rotatable bonds is 4. The summed E-state index contributed by atoms with van der Waals surface area (Å²) < 4.78 is 6.04. The van der Waals surface area contributed by atoms with Crippen molar-refractivity contribution in [2.24, 2.45) is 0 Å². The minimum atomic E-state index is 0.0617. The van der Waals surface area contributed by atoms with Gasteiger partial charge in [-0.25, -0.2) is 4.79 Å². The second-order valence-electron chi connectivity index (χ2n) is 6.58. The van der Waals surface area contributed by atoms with Crippen molar-refractivity contribution in [3.05, 3.63) is 30.1 Å². The fourth-order valence-electron chi connectivity index (χ4n) is 3.65. The summed E-state index contributed by atoms with van der Waals surface area (Å²) in [5.74, 6) is 0. The van der Waals surface area contributed by atoms with Gasteiger partial charge in [0, 0.05) is 50.7 Å². The Balaban J connectivity index is 1.54. The van der Waals surface area contributed by atoms with Gasteiger partial charge in [0.15, 0.2) is 0 Å². The van der Waals surface area contributed by atoms with Gasteiger partial charge in [-0.05, 0) is 50.3 Å². The average Bonchev–Trinajstić information content (AvgIpc) is 2.64. The van der Waals surface area contributed by atoms with Crippen LogP contribution in [0.1, 0.15) is 44.3 Å². The van der Waals surface area contributed by atoms with Crippen LogP contribution in [0.5, 0.6) is 0 Å². The average molecular weight is 332 g/mol. The van der Waals surface area contributed by atoms with Crippen LogP contribution in [0.4, 0.5) is 4.79 Å². The molecule has 0 unspecified atom stereocenters. The Hall–Kier alpha value is -1.66. The first-order valence-corrected chi connectivity index (χ1v) is 9.08. The Morgan fingerprint density at radius 3 is 2.75 bits per heavy atom. The van der Waals surface area contributed by atoms with Crippen LogP contribution >= 0.6 is 0 Å². The minimum Gasteiger partial charge on any atom is -0.372 e. The number of piperidine rings is 1. The van der Waals surface area contributed by atoms with Crippen molar-refractivity contribution in [1.82, 2.24) is 20.5 Å². The predicted octanol–water partition coefficient (Wildman–Crippen LogP) is 2.09. The Morgan fingerprint density at radius 2 is 2.04 bits per heavy atom. The van der Waals surface area contributed by atoms with E-state index in [1.807, 2.05) is 36.4 Å². The highest BCUT2D eigenvalue weighted by Crippen LogP contribution is 2.29. The summed E-state index contributed by atoms with van der Waals surface area (Å²) in [6.45, 7) is 5.09. The SMILES string of the molecule is CCNC(=O)N1CCC(N[C@H]2CCCO[C@@H]2c2ccncc2)CC1. The molecule has 1 aromatic heterocycles. The van der Waals surface area contributed by atoms with Gasteiger partial charge in [-0.1, -0.05) is 0 Å². The molecule has 2 aliphatic rings. The smallest absolute Gasteiger partial charge is 0.317 e. The van der Waals surface area contributed by atoms with E-state index in [1.54, 1.807) is 0 Å². The highest BCUT2D eigenvalue weighted by atomic mass is 16.5. The number of nitrogens with one attached hydrogen (secondary N) is 2. The summed E-state index contributed by atoms with van der Waals surface area (Å²) >= 11 is 0. The standard InChI is InChI=1S/C18H28N4O2/c1-2-20-18(23)22-11-7-15(8-12-22)21-16-4-3-13-24-17(16)14-5-9-19-10-6-14/h5-6,9-10,15-17,21H,2-4,7-8,11-13H2,1H3,(H,20,23)/t16-,17+/m0/s1. The van der Waals surface area contributed by atoms with E-state index in [0.717, 1.165) is 45.4 Å². The van der Waals surface area contributed by atoms with Gasteiger partial charge in [-0.2, -0.15) is 0 Å². The van der Waals surface area contributed by atoms with Gasteiger partial charge in [0.05, 0.1) is 6.10 Å². The maximum absolute atomic E-state index is 11.9. The number of aromatic nitrogens is 1. The fraction of sp³-hybridized carbons (Fsp3) is 0.667. The first-order chi connectivity index (χ1) is 11.8. The summed E-state index contributed by atoms with van der Waals surface area (Å²) in [6.07, 6.45) is 7.97. The summed E-state index contributed by atoms with van der Waals surface area (Å²) in [7, 11) is 0. The molecule has 24 heavy (non-hydrogen) atoms. The Morgan fingerprint density at radius 1 is 1.29 bits per heavy atom. The Labute approximate surface area is 144 Å². The van der Waals surface area contributed by atoms with Gasteiger partial charge in [-0.15, -0.1) is 0 Å². The number of likely N-dealkylation sites (tertiary alicyclic amines) is 1. The number of carbonyl (C=O) groups excluding carboxylic acids is 1. The van der Waals surface area contributed by atoms with Gasteiger partial charge in [-0.3, -0.25) is 4.98 Å². The van der Waals surface area contributed by atoms with E-state index in [2.05, 4.69) is 15.6 Å². The van der Waals surface area contributed by atoms with Crippen molar-refractivity contribution in [3.63, 3.8) is 0 Å². The van der Waals surface area contributed by atoms with Crippen LogP contribution in [0.2, 0.25) is 0 Å². The lowest BCUT2D eigenvalue weighted by Gasteiger charge is -2.38. The quantitative estimate of drug-likeness (QED) is 0.886. The van der Waals surface area contributed by atoms with Crippen LogP contribution in [-0.4, -0.2) is 54.2 Å². The van der Waals surface area contributed by atoms with E-state index in [4.69, 9.17) is 4.74 Å². The summed E-state index contributed by atoms with van der Waals surface area (Å²) in [4.78, 5) is 17.9. The molecular formula is C18H28N4O2. The molecule has 2 saturated heterocycles. The van der Waals surface area contributed by atoms with Crippen LogP contribution in [0.25, 0.3) is 0 Å². The summed E-state index contributed by atoms with van der Waals surface area (Å²) in [5.41, 5.74) is 1.20. The zero-order chi connectivity index (χ0) is 16.8. The molecule has 2 aliphatic heterocycles. The third-order valence-corrected chi connectivity index (χ3v) is 4.92. The topological polar surface area (TPSA) is 66.5 Å².